The zero-order valence-electron chi connectivity index (χ0n) is 16.4. The van der Waals surface area contributed by atoms with Gasteiger partial charge >= 0.3 is 6.09 Å². The molecular formula is C20H32N4O2. The molecule has 2 aliphatic rings. The number of piperidine rings is 1. The van der Waals surface area contributed by atoms with Crippen molar-refractivity contribution >= 4 is 6.09 Å². The molecule has 1 amide bonds. The fourth-order valence-electron chi connectivity index (χ4n) is 4.01. The molecule has 6 heteroatoms. The van der Waals surface area contributed by atoms with E-state index in [0.29, 0.717) is 0 Å². The highest BCUT2D eigenvalue weighted by atomic mass is 16.6. The maximum Gasteiger partial charge on any atom is 0.410 e. The predicted molar refractivity (Wildman–Crippen MR) is 101 cm³/mol. The number of carbonyl (C=O) groups excluding carboxylic acids is 1. The van der Waals surface area contributed by atoms with Crippen LogP contribution in [0.3, 0.4) is 0 Å². The van der Waals surface area contributed by atoms with E-state index in [1.54, 1.807) is 0 Å². The van der Waals surface area contributed by atoms with E-state index in [-0.39, 0.29) is 17.7 Å². The maximum atomic E-state index is 12.3. The fourth-order valence-corrected chi connectivity index (χ4v) is 4.01. The summed E-state index contributed by atoms with van der Waals surface area (Å²) >= 11 is 0. The molecule has 1 spiro atoms. The molecule has 0 N–H and O–H groups in total. The molecule has 0 saturated carbocycles. The van der Waals surface area contributed by atoms with E-state index >= 15 is 0 Å². The molecule has 1 atom stereocenters. The van der Waals surface area contributed by atoms with Gasteiger partial charge < -0.3 is 9.64 Å². The standard InChI is InChI=1S/C20H32N4O2/c1-4-6-16(3)24-15-20(26-19(24)25)8-10-23(11-9-20)14-17-12-21-18(7-5-2)22-13-17/h12-13,16H,4-11,14-15H2,1-3H3/t16-/m0/s1. The fraction of sp³-hybridized carbons (Fsp3) is 0.750. The van der Waals surface area contributed by atoms with Gasteiger partial charge in [0.15, 0.2) is 0 Å². The summed E-state index contributed by atoms with van der Waals surface area (Å²) in [7, 11) is 0. The number of carbonyl (C=O) groups is 1. The molecule has 2 fully saturated rings. The maximum absolute atomic E-state index is 12.3. The van der Waals surface area contributed by atoms with Crippen molar-refractivity contribution in [2.24, 2.45) is 0 Å². The van der Waals surface area contributed by atoms with Crippen LogP contribution in [0.15, 0.2) is 12.4 Å². The summed E-state index contributed by atoms with van der Waals surface area (Å²) in [4.78, 5) is 25.5. The summed E-state index contributed by atoms with van der Waals surface area (Å²) in [6, 6.07) is 0.267. The summed E-state index contributed by atoms with van der Waals surface area (Å²) in [6.07, 6.45) is 9.71. The molecule has 1 aromatic rings. The number of hydrogen-bond acceptors (Lipinski definition) is 5. The van der Waals surface area contributed by atoms with Gasteiger partial charge in [0.1, 0.15) is 11.4 Å². The third-order valence-electron chi connectivity index (χ3n) is 5.64. The second kappa shape index (κ2) is 8.33. The van der Waals surface area contributed by atoms with Gasteiger partial charge in [-0.1, -0.05) is 20.3 Å². The van der Waals surface area contributed by atoms with Crippen molar-refractivity contribution in [1.82, 2.24) is 19.8 Å². The lowest BCUT2D eigenvalue weighted by atomic mass is 9.91. The smallest absolute Gasteiger partial charge is 0.410 e. The van der Waals surface area contributed by atoms with E-state index in [4.69, 9.17) is 4.74 Å². The molecule has 0 bridgehead atoms. The van der Waals surface area contributed by atoms with Crippen LogP contribution in [0.4, 0.5) is 4.79 Å². The number of amides is 1. The summed E-state index contributed by atoms with van der Waals surface area (Å²) in [5, 5.41) is 0. The summed E-state index contributed by atoms with van der Waals surface area (Å²) in [6.45, 7) is 9.93. The highest BCUT2D eigenvalue weighted by molar-refractivity contribution is 5.71. The van der Waals surface area contributed by atoms with Crippen LogP contribution in [0.2, 0.25) is 0 Å². The van der Waals surface area contributed by atoms with E-state index < -0.39 is 0 Å². The van der Waals surface area contributed by atoms with Crippen molar-refractivity contribution in [3.63, 3.8) is 0 Å². The van der Waals surface area contributed by atoms with Crippen molar-refractivity contribution in [3.8, 4) is 0 Å². The molecule has 6 nitrogen and oxygen atoms in total. The molecule has 2 aliphatic heterocycles. The lowest BCUT2D eigenvalue weighted by Gasteiger charge is -2.37. The van der Waals surface area contributed by atoms with Crippen molar-refractivity contribution in [2.45, 2.75) is 77.5 Å². The number of hydrogen-bond donors (Lipinski definition) is 0. The number of rotatable bonds is 7. The number of likely N-dealkylation sites (tertiary alicyclic amines) is 1. The minimum atomic E-state index is -0.281. The number of aromatic nitrogens is 2. The van der Waals surface area contributed by atoms with Crippen LogP contribution < -0.4 is 0 Å². The predicted octanol–water partition coefficient (Wildman–Crippen LogP) is 3.40. The number of nitrogens with zero attached hydrogens (tertiary/aromatic N) is 4. The Morgan fingerprint density at radius 2 is 1.88 bits per heavy atom. The van der Waals surface area contributed by atoms with Crippen molar-refractivity contribution in [2.75, 3.05) is 19.6 Å². The monoisotopic (exact) mass is 360 g/mol. The molecule has 3 rings (SSSR count). The van der Waals surface area contributed by atoms with Crippen LogP contribution in [0.25, 0.3) is 0 Å². The SMILES string of the molecule is CCCc1ncc(CN2CCC3(CC2)CN([C@@H](C)CCC)C(=O)O3)cn1. The molecule has 2 saturated heterocycles. The zero-order valence-corrected chi connectivity index (χ0v) is 16.4. The normalized spacial score (nSPS) is 21.2. The van der Waals surface area contributed by atoms with Crippen LogP contribution in [0.5, 0.6) is 0 Å². The van der Waals surface area contributed by atoms with Gasteiger partial charge in [-0.3, -0.25) is 4.90 Å². The molecule has 0 radical (unpaired) electrons. The van der Waals surface area contributed by atoms with E-state index in [1.807, 2.05) is 17.3 Å². The molecule has 3 heterocycles. The average molecular weight is 361 g/mol. The molecule has 1 aromatic heterocycles. The number of ether oxygens (including phenoxy) is 1. The summed E-state index contributed by atoms with van der Waals surface area (Å²) in [5.74, 6) is 0.924. The average Bonchev–Trinajstić information content (AvgIpc) is 2.96. The number of aryl methyl sites for hydroxylation is 1. The minimum Gasteiger partial charge on any atom is -0.441 e. The topological polar surface area (TPSA) is 58.6 Å². The Labute approximate surface area is 156 Å². The van der Waals surface area contributed by atoms with Gasteiger partial charge in [-0.25, -0.2) is 14.8 Å². The highest BCUT2D eigenvalue weighted by Gasteiger charge is 2.47. The Bertz CT molecular complexity index is 596. The lowest BCUT2D eigenvalue weighted by Crippen LogP contribution is -2.47. The van der Waals surface area contributed by atoms with Crippen molar-refractivity contribution < 1.29 is 9.53 Å². The van der Waals surface area contributed by atoms with E-state index in [1.165, 1.54) is 0 Å². The van der Waals surface area contributed by atoms with Gasteiger partial charge in [0, 0.05) is 62.9 Å². The first-order valence-corrected chi connectivity index (χ1v) is 10.1. The van der Waals surface area contributed by atoms with Crippen molar-refractivity contribution in [3.05, 3.63) is 23.8 Å². The van der Waals surface area contributed by atoms with E-state index in [9.17, 15) is 4.79 Å². The summed E-state index contributed by atoms with van der Waals surface area (Å²) in [5.41, 5.74) is 0.874. The van der Waals surface area contributed by atoms with Gasteiger partial charge in [-0.05, 0) is 19.8 Å². The molecule has 0 aliphatic carbocycles. The van der Waals surface area contributed by atoms with Gasteiger partial charge in [0.05, 0.1) is 6.54 Å². The first-order chi connectivity index (χ1) is 12.5. The summed E-state index contributed by atoms with van der Waals surface area (Å²) < 4.78 is 5.85. The second-order valence-corrected chi connectivity index (χ2v) is 7.85. The highest BCUT2D eigenvalue weighted by Crippen LogP contribution is 2.35. The zero-order chi connectivity index (χ0) is 18.6. The van der Waals surface area contributed by atoms with Crippen LogP contribution >= 0.6 is 0 Å². The first kappa shape index (κ1) is 19.1. The lowest BCUT2D eigenvalue weighted by molar-refractivity contribution is -0.00136. The van der Waals surface area contributed by atoms with E-state index in [2.05, 4.69) is 35.6 Å². The Balaban J connectivity index is 1.52. The Morgan fingerprint density at radius 1 is 1.19 bits per heavy atom. The van der Waals surface area contributed by atoms with Crippen LogP contribution in [0, 0.1) is 0 Å². The molecule has 0 aromatic carbocycles. The van der Waals surface area contributed by atoms with Gasteiger partial charge in [0.25, 0.3) is 0 Å². The Hall–Kier alpha value is -1.69. The van der Waals surface area contributed by atoms with Crippen LogP contribution in [0.1, 0.15) is 64.3 Å². The van der Waals surface area contributed by atoms with Crippen LogP contribution in [-0.4, -0.2) is 57.1 Å². The third kappa shape index (κ3) is 4.34. The quantitative estimate of drug-likeness (QED) is 0.746. The Morgan fingerprint density at radius 3 is 2.50 bits per heavy atom. The van der Waals surface area contributed by atoms with Crippen LogP contribution in [-0.2, 0) is 17.7 Å². The first-order valence-electron chi connectivity index (χ1n) is 10.1. The van der Waals surface area contributed by atoms with Gasteiger partial charge in [-0.15, -0.1) is 0 Å². The molecule has 144 valence electrons. The van der Waals surface area contributed by atoms with E-state index in [0.717, 1.165) is 76.1 Å². The van der Waals surface area contributed by atoms with Gasteiger partial charge in [0.2, 0.25) is 0 Å². The molecule has 26 heavy (non-hydrogen) atoms. The molecule has 0 unspecified atom stereocenters. The largest absolute Gasteiger partial charge is 0.441 e. The van der Waals surface area contributed by atoms with Crippen molar-refractivity contribution in [1.29, 1.82) is 0 Å². The minimum absolute atomic E-state index is 0.126. The third-order valence-corrected chi connectivity index (χ3v) is 5.64. The molecular weight excluding hydrogens is 328 g/mol. The second-order valence-electron chi connectivity index (χ2n) is 7.85. The van der Waals surface area contributed by atoms with Gasteiger partial charge in [-0.2, -0.15) is 0 Å². The Kier molecular flexibility index (Phi) is 6.12.